The molecule has 7 heteroatoms. The molecule has 2 amide bonds. The summed E-state index contributed by atoms with van der Waals surface area (Å²) in [6.45, 7) is 5.78. The second-order valence-electron chi connectivity index (χ2n) is 5.44. The number of nitrogens with one attached hydrogen (secondary N) is 1. The lowest BCUT2D eigenvalue weighted by Gasteiger charge is -2.28. The average molecular weight is 335 g/mol. The molecule has 0 fully saturated rings. The van der Waals surface area contributed by atoms with E-state index in [1.807, 2.05) is 6.92 Å². The van der Waals surface area contributed by atoms with Gasteiger partial charge in [0.1, 0.15) is 11.2 Å². The van der Waals surface area contributed by atoms with E-state index < -0.39 is 17.4 Å². The SMILES string of the molecule is CCn1nc(C)cc1C(=O)N[C@@](C)(C(N)=O)c1cccc(Cl)c1. The summed E-state index contributed by atoms with van der Waals surface area (Å²) >= 11 is 5.98. The fourth-order valence-electron chi connectivity index (χ4n) is 2.34. The molecule has 0 aliphatic rings. The molecular formula is C16H19ClN4O2. The summed E-state index contributed by atoms with van der Waals surface area (Å²) in [4.78, 5) is 24.6. The highest BCUT2D eigenvalue weighted by Crippen LogP contribution is 2.24. The van der Waals surface area contributed by atoms with Crippen molar-refractivity contribution in [2.24, 2.45) is 5.73 Å². The predicted molar refractivity (Wildman–Crippen MR) is 88.1 cm³/mol. The molecule has 6 nitrogen and oxygen atoms in total. The maximum absolute atomic E-state index is 12.6. The van der Waals surface area contributed by atoms with Gasteiger partial charge in [-0.3, -0.25) is 14.3 Å². The van der Waals surface area contributed by atoms with Gasteiger partial charge in [0.25, 0.3) is 5.91 Å². The van der Waals surface area contributed by atoms with Gasteiger partial charge in [0, 0.05) is 11.6 Å². The summed E-state index contributed by atoms with van der Waals surface area (Å²) in [5.74, 6) is -1.10. The number of primary amides is 1. The highest BCUT2D eigenvalue weighted by Gasteiger charge is 2.36. The molecule has 0 aliphatic carbocycles. The van der Waals surface area contributed by atoms with Crippen molar-refractivity contribution < 1.29 is 9.59 Å². The number of carbonyl (C=O) groups excluding carboxylic acids is 2. The van der Waals surface area contributed by atoms with Crippen LogP contribution >= 0.6 is 11.6 Å². The van der Waals surface area contributed by atoms with Gasteiger partial charge in [-0.2, -0.15) is 5.10 Å². The zero-order valence-corrected chi connectivity index (χ0v) is 14.0. The topological polar surface area (TPSA) is 90.0 Å². The van der Waals surface area contributed by atoms with Crippen molar-refractivity contribution >= 4 is 23.4 Å². The summed E-state index contributed by atoms with van der Waals surface area (Å²) in [5.41, 5.74) is 5.78. The van der Waals surface area contributed by atoms with Crippen LogP contribution in [0, 0.1) is 6.92 Å². The Hall–Kier alpha value is -2.34. The third kappa shape index (κ3) is 3.37. The molecule has 0 spiro atoms. The second kappa shape index (κ2) is 6.42. The monoisotopic (exact) mass is 334 g/mol. The van der Waals surface area contributed by atoms with Crippen LogP contribution in [0.2, 0.25) is 5.02 Å². The molecule has 0 saturated heterocycles. The van der Waals surface area contributed by atoms with Crippen LogP contribution in [0.25, 0.3) is 0 Å². The van der Waals surface area contributed by atoms with Crippen molar-refractivity contribution in [3.05, 3.63) is 52.3 Å². The molecule has 0 saturated carbocycles. The average Bonchev–Trinajstić information content (AvgIpc) is 2.88. The first-order chi connectivity index (χ1) is 10.8. The van der Waals surface area contributed by atoms with E-state index in [4.69, 9.17) is 17.3 Å². The molecule has 23 heavy (non-hydrogen) atoms. The van der Waals surface area contributed by atoms with Gasteiger partial charge in [-0.05, 0) is 44.5 Å². The van der Waals surface area contributed by atoms with E-state index in [2.05, 4.69) is 10.4 Å². The van der Waals surface area contributed by atoms with Crippen LogP contribution in [0.15, 0.2) is 30.3 Å². The molecular weight excluding hydrogens is 316 g/mol. The fourth-order valence-corrected chi connectivity index (χ4v) is 2.53. The summed E-state index contributed by atoms with van der Waals surface area (Å²) in [6, 6.07) is 8.35. The second-order valence-corrected chi connectivity index (χ2v) is 5.88. The minimum absolute atomic E-state index is 0.375. The molecule has 1 aromatic heterocycles. The molecule has 1 aromatic carbocycles. The third-order valence-corrected chi connectivity index (χ3v) is 3.93. The molecule has 3 N–H and O–H groups in total. The highest BCUT2D eigenvalue weighted by molar-refractivity contribution is 6.30. The Morgan fingerprint density at radius 3 is 2.65 bits per heavy atom. The Labute approximate surface area is 139 Å². The Bertz CT molecular complexity index is 756. The maximum atomic E-state index is 12.6. The minimum Gasteiger partial charge on any atom is -0.367 e. The number of hydrogen-bond donors (Lipinski definition) is 2. The summed E-state index contributed by atoms with van der Waals surface area (Å²) in [7, 11) is 0. The van der Waals surface area contributed by atoms with Crippen LogP contribution in [-0.4, -0.2) is 21.6 Å². The van der Waals surface area contributed by atoms with Gasteiger partial charge in [-0.25, -0.2) is 0 Å². The van der Waals surface area contributed by atoms with Crippen LogP contribution in [0.5, 0.6) is 0 Å². The molecule has 0 bridgehead atoms. The fraction of sp³-hybridized carbons (Fsp3) is 0.312. The lowest BCUT2D eigenvalue weighted by atomic mass is 9.91. The normalized spacial score (nSPS) is 13.4. The Morgan fingerprint density at radius 2 is 2.09 bits per heavy atom. The molecule has 0 aliphatic heterocycles. The number of carbonyl (C=O) groups is 2. The largest absolute Gasteiger partial charge is 0.367 e. The number of nitrogens with two attached hydrogens (primary N) is 1. The summed E-state index contributed by atoms with van der Waals surface area (Å²) < 4.78 is 1.57. The van der Waals surface area contributed by atoms with Gasteiger partial charge in [-0.15, -0.1) is 0 Å². The van der Waals surface area contributed by atoms with E-state index in [1.165, 1.54) is 0 Å². The number of aryl methyl sites for hydroxylation is 2. The van der Waals surface area contributed by atoms with Crippen LogP contribution in [0.3, 0.4) is 0 Å². The van der Waals surface area contributed by atoms with Crippen molar-refractivity contribution in [1.29, 1.82) is 0 Å². The smallest absolute Gasteiger partial charge is 0.270 e. The maximum Gasteiger partial charge on any atom is 0.270 e. The zero-order valence-electron chi connectivity index (χ0n) is 13.3. The quantitative estimate of drug-likeness (QED) is 0.876. The van der Waals surface area contributed by atoms with E-state index in [9.17, 15) is 9.59 Å². The number of aromatic nitrogens is 2. The van der Waals surface area contributed by atoms with Gasteiger partial charge < -0.3 is 11.1 Å². The molecule has 1 heterocycles. The number of rotatable bonds is 5. The lowest BCUT2D eigenvalue weighted by molar-refractivity contribution is -0.123. The molecule has 2 aromatic rings. The highest BCUT2D eigenvalue weighted by atomic mass is 35.5. The van der Waals surface area contributed by atoms with Crippen LogP contribution in [-0.2, 0) is 16.9 Å². The minimum atomic E-state index is -1.38. The number of nitrogens with zero attached hydrogens (tertiary/aromatic N) is 2. The lowest BCUT2D eigenvalue weighted by Crippen LogP contribution is -2.53. The van der Waals surface area contributed by atoms with Crippen molar-refractivity contribution in [3.8, 4) is 0 Å². The summed E-state index contributed by atoms with van der Waals surface area (Å²) in [6.07, 6.45) is 0. The Kier molecular flexibility index (Phi) is 4.75. The van der Waals surface area contributed by atoms with Gasteiger partial charge in [-0.1, -0.05) is 23.7 Å². The van der Waals surface area contributed by atoms with Crippen LogP contribution in [0.1, 0.15) is 35.6 Å². The molecule has 0 radical (unpaired) electrons. The van der Waals surface area contributed by atoms with Crippen molar-refractivity contribution in [1.82, 2.24) is 15.1 Å². The van der Waals surface area contributed by atoms with Crippen molar-refractivity contribution in [2.45, 2.75) is 32.9 Å². The molecule has 1 atom stereocenters. The predicted octanol–water partition coefficient (Wildman–Crippen LogP) is 2.00. The van der Waals surface area contributed by atoms with E-state index in [-0.39, 0.29) is 0 Å². The van der Waals surface area contributed by atoms with Gasteiger partial charge >= 0.3 is 0 Å². The van der Waals surface area contributed by atoms with Crippen LogP contribution < -0.4 is 11.1 Å². The number of halogens is 1. The Balaban J connectivity index is 2.39. The van der Waals surface area contributed by atoms with E-state index in [0.717, 1.165) is 5.69 Å². The van der Waals surface area contributed by atoms with Gasteiger partial charge in [0.05, 0.1) is 5.69 Å². The van der Waals surface area contributed by atoms with Gasteiger partial charge in [0.2, 0.25) is 5.91 Å². The number of benzene rings is 1. The van der Waals surface area contributed by atoms with Gasteiger partial charge in [0.15, 0.2) is 0 Å². The standard InChI is InChI=1S/C16H19ClN4O2/c1-4-21-13(8-10(2)20-21)14(22)19-16(3,15(18)23)11-6-5-7-12(17)9-11/h5-9H,4H2,1-3H3,(H2,18,23)(H,19,22)/t16-/m1/s1. The van der Waals surface area contributed by atoms with E-state index in [0.29, 0.717) is 22.8 Å². The molecule has 122 valence electrons. The number of hydrogen-bond acceptors (Lipinski definition) is 3. The first-order valence-electron chi connectivity index (χ1n) is 7.21. The number of amides is 2. The van der Waals surface area contributed by atoms with Crippen molar-refractivity contribution in [2.75, 3.05) is 0 Å². The molecule has 0 unspecified atom stereocenters. The first-order valence-corrected chi connectivity index (χ1v) is 7.58. The summed E-state index contributed by atoms with van der Waals surface area (Å²) in [5, 5.41) is 7.40. The van der Waals surface area contributed by atoms with E-state index in [1.54, 1.807) is 48.9 Å². The van der Waals surface area contributed by atoms with Crippen molar-refractivity contribution in [3.63, 3.8) is 0 Å². The third-order valence-electron chi connectivity index (χ3n) is 3.69. The first kappa shape index (κ1) is 17.0. The Morgan fingerprint density at radius 1 is 1.39 bits per heavy atom. The van der Waals surface area contributed by atoms with E-state index >= 15 is 0 Å². The zero-order chi connectivity index (χ0) is 17.2. The molecule has 2 rings (SSSR count). The van der Waals surface area contributed by atoms with Crippen LogP contribution in [0.4, 0.5) is 0 Å².